The van der Waals surface area contributed by atoms with Crippen LogP contribution in [0.2, 0.25) is 10.0 Å². The molecule has 22 heavy (non-hydrogen) atoms. The number of hydrogen-bond donors (Lipinski definition) is 2. The minimum Gasteiger partial charge on any atom is -0.365 e. The number of rotatable bonds is 4. The lowest BCUT2D eigenvalue weighted by Crippen LogP contribution is -2.40. The molecule has 0 saturated heterocycles. The third-order valence-electron chi connectivity index (χ3n) is 3.02. The molecule has 0 radical (unpaired) electrons. The molecule has 114 valence electrons. The maximum Gasteiger partial charge on any atom is 0.290 e. The van der Waals surface area contributed by atoms with E-state index in [9.17, 15) is 9.59 Å². The van der Waals surface area contributed by atoms with Crippen LogP contribution in [0.4, 0.5) is 5.69 Å². The monoisotopic (exact) mass is 338 g/mol. The lowest BCUT2D eigenvalue weighted by molar-refractivity contribution is -0.684. The van der Waals surface area contributed by atoms with Crippen molar-refractivity contribution in [2.24, 2.45) is 5.73 Å². The van der Waals surface area contributed by atoms with Crippen molar-refractivity contribution in [3.63, 3.8) is 0 Å². The highest BCUT2D eigenvalue weighted by Crippen LogP contribution is 2.32. The van der Waals surface area contributed by atoms with Crippen LogP contribution in [0.3, 0.4) is 0 Å². The molecule has 2 aromatic rings. The third-order valence-corrected chi connectivity index (χ3v) is 3.82. The molecule has 1 aromatic heterocycles. The van der Waals surface area contributed by atoms with Crippen LogP contribution in [0.15, 0.2) is 36.7 Å². The molecule has 0 spiro atoms. The lowest BCUT2D eigenvalue weighted by atomic mass is 10.2. The van der Waals surface area contributed by atoms with Gasteiger partial charge in [-0.1, -0.05) is 29.3 Å². The zero-order valence-corrected chi connectivity index (χ0v) is 13.3. The average Bonchev–Trinajstić information content (AvgIpc) is 2.48. The standard InChI is InChI=1S/C15H13Cl2N3O2/c1-9-4-5-11(16)14(13(9)17)19-12(21)8-20-6-2-3-10(7-20)15(18)22/h2-7H,8H2,1H3,(H2-,18,19,21,22)/p+1. The molecule has 2 rings (SSSR count). The Morgan fingerprint density at radius 1 is 1.27 bits per heavy atom. The maximum absolute atomic E-state index is 12.1. The zero-order valence-electron chi connectivity index (χ0n) is 11.8. The molecule has 0 aliphatic rings. The number of nitrogens with one attached hydrogen (secondary N) is 1. The summed E-state index contributed by atoms with van der Waals surface area (Å²) in [6.07, 6.45) is 3.16. The van der Waals surface area contributed by atoms with Gasteiger partial charge in [0, 0.05) is 6.07 Å². The lowest BCUT2D eigenvalue weighted by Gasteiger charge is -2.10. The number of carbonyl (C=O) groups is 2. The number of aromatic nitrogens is 1. The van der Waals surface area contributed by atoms with Gasteiger partial charge in [0.1, 0.15) is 5.56 Å². The predicted octanol–water partition coefficient (Wildman–Crippen LogP) is 2.33. The quantitative estimate of drug-likeness (QED) is 0.839. The molecule has 0 aliphatic heterocycles. The number of carbonyl (C=O) groups excluding carboxylic acids is 2. The Morgan fingerprint density at radius 3 is 2.68 bits per heavy atom. The van der Waals surface area contributed by atoms with Gasteiger partial charge in [0.25, 0.3) is 11.8 Å². The highest BCUT2D eigenvalue weighted by Gasteiger charge is 2.16. The van der Waals surface area contributed by atoms with Gasteiger partial charge < -0.3 is 11.1 Å². The topological polar surface area (TPSA) is 76.1 Å². The summed E-state index contributed by atoms with van der Waals surface area (Å²) < 4.78 is 1.55. The number of primary amides is 1. The van der Waals surface area contributed by atoms with E-state index in [1.54, 1.807) is 35.0 Å². The van der Waals surface area contributed by atoms with E-state index in [0.29, 0.717) is 21.3 Å². The molecule has 0 atom stereocenters. The van der Waals surface area contributed by atoms with Crippen LogP contribution in [0.5, 0.6) is 0 Å². The SMILES string of the molecule is Cc1ccc(Cl)c(NC(=O)C[n+]2cccc(C(N)=O)c2)c1Cl. The van der Waals surface area contributed by atoms with Crippen molar-refractivity contribution in [2.45, 2.75) is 13.5 Å². The Hall–Kier alpha value is -2.11. The van der Waals surface area contributed by atoms with Crippen molar-refractivity contribution in [3.8, 4) is 0 Å². The van der Waals surface area contributed by atoms with Crippen LogP contribution in [0, 0.1) is 6.92 Å². The van der Waals surface area contributed by atoms with Gasteiger partial charge in [0.05, 0.1) is 15.7 Å². The van der Waals surface area contributed by atoms with Gasteiger partial charge in [-0.05, 0) is 24.6 Å². The molecule has 1 aromatic carbocycles. The largest absolute Gasteiger partial charge is 0.365 e. The Bertz CT molecular complexity index is 748. The second-order valence-electron chi connectivity index (χ2n) is 4.73. The van der Waals surface area contributed by atoms with E-state index < -0.39 is 5.91 Å². The minimum absolute atomic E-state index is 0.00171. The summed E-state index contributed by atoms with van der Waals surface area (Å²) in [6, 6.07) is 6.65. The Kier molecular flexibility index (Phi) is 5.00. The van der Waals surface area contributed by atoms with Gasteiger partial charge in [-0.2, -0.15) is 4.57 Å². The van der Waals surface area contributed by atoms with Crippen LogP contribution >= 0.6 is 23.2 Å². The van der Waals surface area contributed by atoms with Gasteiger partial charge in [0.2, 0.25) is 6.54 Å². The van der Waals surface area contributed by atoms with Crippen molar-refractivity contribution >= 4 is 40.7 Å². The van der Waals surface area contributed by atoms with Crippen molar-refractivity contribution in [1.82, 2.24) is 0 Å². The molecule has 0 saturated carbocycles. The second-order valence-corrected chi connectivity index (χ2v) is 5.52. The van der Waals surface area contributed by atoms with Crippen LogP contribution in [-0.2, 0) is 11.3 Å². The summed E-state index contributed by atoms with van der Waals surface area (Å²) in [5.41, 5.74) is 6.71. The molecular weight excluding hydrogens is 325 g/mol. The number of anilines is 1. The fraction of sp³-hybridized carbons (Fsp3) is 0.133. The Morgan fingerprint density at radius 2 is 2.00 bits per heavy atom. The normalized spacial score (nSPS) is 10.3. The first-order valence-corrected chi connectivity index (χ1v) is 7.17. The summed E-state index contributed by atoms with van der Waals surface area (Å²) >= 11 is 12.2. The van der Waals surface area contributed by atoms with E-state index in [4.69, 9.17) is 28.9 Å². The number of nitrogens with zero attached hydrogens (tertiary/aromatic N) is 1. The first kappa shape index (κ1) is 16.3. The smallest absolute Gasteiger partial charge is 0.290 e. The predicted molar refractivity (Wildman–Crippen MR) is 85.0 cm³/mol. The van der Waals surface area contributed by atoms with Crippen LogP contribution < -0.4 is 15.6 Å². The van der Waals surface area contributed by atoms with Gasteiger partial charge >= 0.3 is 0 Å². The number of halogens is 2. The van der Waals surface area contributed by atoms with E-state index in [2.05, 4.69) is 5.32 Å². The maximum atomic E-state index is 12.1. The molecule has 0 bridgehead atoms. The Balaban J connectivity index is 2.16. The molecule has 1 heterocycles. The van der Waals surface area contributed by atoms with Crippen molar-refractivity contribution in [1.29, 1.82) is 0 Å². The number of hydrogen-bond acceptors (Lipinski definition) is 2. The fourth-order valence-electron chi connectivity index (χ4n) is 1.88. The molecule has 7 heteroatoms. The van der Waals surface area contributed by atoms with Gasteiger partial charge in [0.15, 0.2) is 12.4 Å². The van der Waals surface area contributed by atoms with Gasteiger partial charge in [-0.25, -0.2) is 0 Å². The van der Waals surface area contributed by atoms with Crippen molar-refractivity contribution in [3.05, 3.63) is 57.8 Å². The number of pyridine rings is 1. The summed E-state index contributed by atoms with van der Waals surface area (Å²) in [6.45, 7) is 1.82. The molecule has 0 aliphatic carbocycles. The Labute approximate surface area is 137 Å². The van der Waals surface area contributed by atoms with E-state index >= 15 is 0 Å². The van der Waals surface area contributed by atoms with E-state index in [-0.39, 0.29) is 12.5 Å². The average molecular weight is 339 g/mol. The van der Waals surface area contributed by atoms with Crippen LogP contribution in [0.1, 0.15) is 15.9 Å². The number of amides is 2. The van der Waals surface area contributed by atoms with Gasteiger partial charge in [-0.3, -0.25) is 9.59 Å². The highest BCUT2D eigenvalue weighted by atomic mass is 35.5. The van der Waals surface area contributed by atoms with Crippen LogP contribution in [-0.4, -0.2) is 11.8 Å². The van der Waals surface area contributed by atoms with E-state index in [1.807, 2.05) is 6.92 Å². The third kappa shape index (κ3) is 3.75. The second kappa shape index (κ2) is 6.77. The molecule has 0 unspecified atom stereocenters. The summed E-state index contributed by atoms with van der Waals surface area (Å²) in [5.74, 6) is -0.874. The summed E-state index contributed by atoms with van der Waals surface area (Å²) in [7, 11) is 0. The van der Waals surface area contributed by atoms with Crippen LogP contribution in [0.25, 0.3) is 0 Å². The fourth-order valence-corrected chi connectivity index (χ4v) is 2.35. The minimum atomic E-state index is -0.556. The molecule has 5 nitrogen and oxygen atoms in total. The molecule has 2 amide bonds. The highest BCUT2D eigenvalue weighted by molar-refractivity contribution is 6.40. The van der Waals surface area contributed by atoms with Crippen molar-refractivity contribution < 1.29 is 14.2 Å². The molecule has 0 fully saturated rings. The number of benzene rings is 1. The first-order chi connectivity index (χ1) is 10.4. The number of nitrogens with two attached hydrogens (primary N) is 1. The van der Waals surface area contributed by atoms with E-state index in [0.717, 1.165) is 5.56 Å². The zero-order chi connectivity index (χ0) is 16.3. The summed E-state index contributed by atoms with van der Waals surface area (Å²) in [5, 5.41) is 3.44. The van der Waals surface area contributed by atoms with E-state index in [1.165, 1.54) is 6.20 Å². The molecular formula is C15H14Cl2N3O2+. The summed E-state index contributed by atoms with van der Waals surface area (Å²) in [4.78, 5) is 23.2. The van der Waals surface area contributed by atoms with Gasteiger partial charge in [-0.15, -0.1) is 0 Å². The molecule has 3 N–H and O–H groups in total. The van der Waals surface area contributed by atoms with Crippen molar-refractivity contribution in [2.75, 3.05) is 5.32 Å². The first-order valence-electron chi connectivity index (χ1n) is 6.42. The number of aryl methyl sites for hydroxylation is 1.